The lowest BCUT2D eigenvalue weighted by Gasteiger charge is -2.15. The van der Waals surface area contributed by atoms with Crippen LogP contribution in [0.5, 0.6) is 0 Å². The van der Waals surface area contributed by atoms with E-state index in [1.54, 1.807) is 6.20 Å². The lowest BCUT2D eigenvalue weighted by molar-refractivity contribution is 0.0948. The first-order valence-electron chi connectivity index (χ1n) is 9.59. The van der Waals surface area contributed by atoms with Crippen molar-refractivity contribution in [1.29, 1.82) is 0 Å². The van der Waals surface area contributed by atoms with E-state index in [1.165, 1.54) is 27.4 Å². The monoisotopic (exact) mass is 374 g/mol. The third kappa shape index (κ3) is 2.74. The van der Waals surface area contributed by atoms with Crippen LogP contribution in [0.1, 0.15) is 21.6 Å². The number of likely N-dealkylation sites (N-methyl/N-ethyl adjacent to an activating group) is 1. The highest BCUT2D eigenvalue weighted by atomic mass is 16.1. The lowest BCUT2D eigenvalue weighted by atomic mass is 9.94. The van der Waals surface area contributed by atoms with Crippen molar-refractivity contribution in [3.8, 4) is 0 Å². The maximum atomic E-state index is 12.9. The van der Waals surface area contributed by atoms with Gasteiger partial charge in [0.25, 0.3) is 5.91 Å². The molecular formula is C23H26N4O. The summed E-state index contributed by atoms with van der Waals surface area (Å²) in [7, 11) is 6.10. The average Bonchev–Trinajstić information content (AvgIpc) is 2.98. The van der Waals surface area contributed by atoms with Gasteiger partial charge in [-0.2, -0.15) is 0 Å². The Morgan fingerprint density at radius 3 is 2.57 bits per heavy atom. The minimum absolute atomic E-state index is 0.116. The van der Waals surface area contributed by atoms with E-state index in [9.17, 15) is 4.79 Å². The SMILES string of the molecule is Cc1c2c(C(=O)NCCN(C)C)nccc2c(C)c2c1c1ccccc1n2C. The molecule has 1 N–H and O–H groups in total. The van der Waals surface area contributed by atoms with Crippen molar-refractivity contribution in [3.63, 3.8) is 0 Å². The fraction of sp³-hybridized carbons (Fsp3) is 0.304. The summed E-state index contributed by atoms with van der Waals surface area (Å²) in [5, 5.41) is 7.47. The smallest absolute Gasteiger partial charge is 0.270 e. The average molecular weight is 374 g/mol. The quantitative estimate of drug-likeness (QED) is 0.591. The minimum Gasteiger partial charge on any atom is -0.349 e. The first-order chi connectivity index (χ1) is 13.4. The van der Waals surface area contributed by atoms with Gasteiger partial charge in [0.2, 0.25) is 0 Å². The number of hydrogen-bond donors (Lipinski definition) is 1. The van der Waals surface area contributed by atoms with Crippen molar-refractivity contribution in [1.82, 2.24) is 19.8 Å². The Balaban J connectivity index is 2.00. The molecule has 4 rings (SSSR count). The van der Waals surface area contributed by atoms with Crippen molar-refractivity contribution in [2.45, 2.75) is 13.8 Å². The molecule has 1 amide bonds. The molecule has 0 atom stereocenters. The van der Waals surface area contributed by atoms with Gasteiger partial charge in [0.1, 0.15) is 5.69 Å². The number of pyridine rings is 1. The molecular weight excluding hydrogens is 348 g/mol. The Morgan fingerprint density at radius 1 is 1.07 bits per heavy atom. The molecule has 0 bridgehead atoms. The van der Waals surface area contributed by atoms with E-state index in [-0.39, 0.29) is 5.91 Å². The molecule has 5 nitrogen and oxygen atoms in total. The summed E-state index contributed by atoms with van der Waals surface area (Å²) in [5.41, 5.74) is 5.21. The van der Waals surface area contributed by atoms with Gasteiger partial charge >= 0.3 is 0 Å². The zero-order chi connectivity index (χ0) is 20.0. The summed E-state index contributed by atoms with van der Waals surface area (Å²) in [6.45, 7) is 5.63. The number of carbonyl (C=O) groups is 1. The first-order valence-corrected chi connectivity index (χ1v) is 9.59. The van der Waals surface area contributed by atoms with Crippen molar-refractivity contribution in [2.24, 2.45) is 7.05 Å². The highest BCUT2D eigenvalue weighted by Crippen LogP contribution is 2.38. The van der Waals surface area contributed by atoms with Gasteiger partial charge < -0.3 is 14.8 Å². The number of fused-ring (bicyclic) bond motifs is 4. The second kappa shape index (κ2) is 6.91. The van der Waals surface area contributed by atoms with Crippen LogP contribution in [0.25, 0.3) is 32.6 Å². The second-order valence-electron chi connectivity index (χ2n) is 7.69. The molecule has 2 aromatic carbocycles. The summed E-state index contributed by atoms with van der Waals surface area (Å²) >= 11 is 0. The number of benzene rings is 2. The largest absolute Gasteiger partial charge is 0.349 e. The standard InChI is InChI=1S/C23H26N4O/c1-14-16-10-11-24-21(23(28)25-12-13-26(3)4)19(16)15(2)20-17-8-6-7-9-18(17)27(5)22(14)20/h6-11H,12-13H2,1-5H3,(H,25,28). The van der Waals surface area contributed by atoms with E-state index >= 15 is 0 Å². The van der Waals surface area contributed by atoms with Gasteiger partial charge in [-0.1, -0.05) is 18.2 Å². The third-order valence-electron chi connectivity index (χ3n) is 5.63. The second-order valence-corrected chi connectivity index (χ2v) is 7.69. The number of nitrogens with zero attached hydrogens (tertiary/aromatic N) is 3. The fourth-order valence-corrected chi connectivity index (χ4v) is 4.27. The highest BCUT2D eigenvalue weighted by Gasteiger charge is 2.20. The Hall–Kier alpha value is -2.92. The first kappa shape index (κ1) is 18.4. The zero-order valence-electron chi connectivity index (χ0n) is 17.1. The normalized spacial score (nSPS) is 11.8. The van der Waals surface area contributed by atoms with Crippen molar-refractivity contribution >= 4 is 38.5 Å². The molecule has 0 spiro atoms. The van der Waals surface area contributed by atoms with Gasteiger partial charge in [0, 0.05) is 48.0 Å². The molecule has 28 heavy (non-hydrogen) atoms. The van der Waals surface area contributed by atoms with Crippen molar-refractivity contribution < 1.29 is 4.79 Å². The molecule has 0 aliphatic heterocycles. The van der Waals surface area contributed by atoms with Crippen LogP contribution >= 0.6 is 0 Å². The number of aromatic nitrogens is 2. The van der Waals surface area contributed by atoms with Crippen LogP contribution in [0.3, 0.4) is 0 Å². The van der Waals surface area contributed by atoms with Crippen molar-refractivity contribution in [3.05, 3.63) is 53.3 Å². The van der Waals surface area contributed by atoms with Crippen LogP contribution < -0.4 is 5.32 Å². The Kier molecular flexibility index (Phi) is 4.55. The fourth-order valence-electron chi connectivity index (χ4n) is 4.27. The molecule has 2 aromatic heterocycles. The van der Waals surface area contributed by atoms with E-state index in [2.05, 4.69) is 60.0 Å². The van der Waals surface area contributed by atoms with Gasteiger partial charge in [0.15, 0.2) is 0 Å². The Bertz CT molecular complexity index is 1220. The molecule has 0 aliphatic carbocycles. The summed E-state index contributed by atoms with van der Waals surface area (Å²) < 4.78 is 2.25. The van der Waals surface area contributed by atoms with Crippen LogP contribution in [0.2, 0.25) is 0 Å². The molecule has 144 valence electrons. The predicted molar refractivity (Wildman–Crippen MR) is 116 cm³/mol. The maximum Gasteiger partial charge on any atom is 0.270 e. The number of para-hydroxylation sites is 1. The van der Waals surface area contributed by atoms with Crippen molar-refractivity contribution in [2.75, 3.05) is 27.2 Å². The van der Waals surface area contributed by atoms with Crippen LogP contribution in [0, 0.1) is 13.8 Å². The number of amides is 1. The van der Waals surface area contributed by atoms with Crippen LogP contribution in [0.4, 0.5) is 0 Å². The number of carbonyl (C=O) groups excluding carboxylic acids is 1. The number of hydrogen-bond acceptors (Lipinski definition) is 3. The van der Waals surface area contributed by atoms with E-state index < -0.39 is 0 Å². The number of aryl methyl sites for hydroxylation is 3. The summed E-state index contributed by atoms with van der Waals surface area (Å²) in [4.78, 5) is 19.4. The molecule has 0 fully saturated rings. The zero-order valence-corrected chi connectivity index (χ0v) is 17.1. The number of rotatable bonds is 4. The minimum atomic E-state index is -0.116. The molecule has 0 saturated heterocycles. The molecule has 2 heterocycles. The van der Waals surface area contributed by atoms with Crippen LogP contribution in [-0.2, 0) is 7.05 Å². The molecule has 5 heteroatoms. The summed E-state index contributed by atoms with van der Waals surface area (Å²) in [5.74, 6) is -0.116. The summed E-state index contributed by atoms with van der Waals surface area (Å²) in [6, 6.07) is 10.5. The van der Waals surface area contributed by atoms with Gasteiger partial charge in [-0.15, -0.1) is 0 Å². The third-order valence-corrected chi connectivity index (χ3v) is 5.63. The van der Waals surface area contributed by atoms with Gasteiger partial charge in [-0.25, -0.2) is 0 Å². The van der Waals surface area contributed by atoms with E-state index in [0.29, 0.717) is 12.2 Å². The van der Waals surface area contributed by atoms with E-state index in [4.69, 9.17) is 0 Å². The maximum absolute atomic E-state index is 12.9. The number of nitrogens with one attached hydrogen (secondary N) is 1. The van der Waals surface area contributed by atoms with Crippen LogP contribution in [0.15, 0.2) is 36.5 Å². The molecule has 4 aromatic rings. The predicted octanol–water partition coefficient (Wildman–Crippen LogP) is 3.79. The van der Waals surface area contributed by atoms with E-state index in [0.717, 1.165) is 22.9 Å². The van der Waals surface area contributed by atoms with Gasteiger partial charge in [0.05, 0.1) is 5.52 Å². The van der Waals surface area contributed by atoms with Gasteiger partial charge in [-0.3, -0.25) is 9.78 Å². The molecule has 0 saturated carbocycles. The van der Waals surface area contributed by atoms with E-state index in [1.807, 2.05) is 25.1 Å². The van der Waals surface area contributed by atoms with Crippen LogP contribution in [-0.4, -0.2) is 47.5 Å². The topological polar surface area (TPSA) is 50.2 Å². The molecule has 0 radical (unpaired) electrons. The molecule has 0 unspecified atom stereocenters. The van der Waals surface area contributed by atoms with Gasteiger partial charge in [-0.05, 0) is 56.6 Å². The lowest BCUT2D eigenvalue weighted by Crippen LogP contribution is -2.32. The Labute approximate surface area is 165 Å². The Morgan fingerprint density at radius 2 is 1.82 bits per heavy atom. The summed E-state index contributed by atoms with van der Waals surface area (Å²) in [6.07, 6.45) is 1.74. The highest BCUT2D eigenvalue weighted by molar-refractivity contribution is 6.19. The molecule has 0 aliphatic rings.